The normalized spacial score (nSPS) is 49.0. The molecule has 15 heavy (non-hydrogen) atoms. The van der Waals surface area contributed by atoms with Crippen LogP contribution in [0.25, 0.3) is 0 Å². The van der Waals surface area contributed by atoms with E-state index in [0.717, 1.165) is 28.3 Å². The quantitative estimate of drug-likeness (QED) is 0.613. The lowest BCUT2D eigenvalue weighted by atomic mass is 9.85. The zero-order valence-electron chi connectivity index (χ0n) is 8.76. The summed E-state index contributed by atoms with van der Waals surface area (Å²) in [5.41, 5.74) is 0. The van der Waals surface area contributed by atoms with Crippen LogP contribution in [0.15, 0.2) is 0 Å². The van der Waals surface area contributed by atoms with Gasteiger partial charge >= 0.3 is 0 Å². The predicted octanol–water partition coefficient (Wildman–Crippen LogP) is 5.52. The molecule has 1 aliphatic heterocycles. The minimum Gasteiger partial charge on any atom is -0.0768 e. The fourth-order valence-electron chi connectivity index (χ4n) is 3.48. The molecule has 5 atom stereocenters. The molecular formula is C10H16S5. The third-order valence-electron chi connectivity index (χ3n) is 4.01. The van der Waals surface area contributed by atoms with Crippen molar-refractivity contribution in [2.45, 2.75) is 43.1 Å². The third-order valence-corrected chi connectivity index (χ3v) is 13.8. The lowest BCUT2D eigenvalue weighted by molar-refractivity contribution is 0.326. The van der Waals surface area contributed by atoms with Crippen molar-refractivity contribution in [1.82, 2.24) is 0 Å². The van der Waals surface area contributed by atoms with Crippen LogP contribution < -0.4 is 0 Å². The highest BCUT2D eigenvalue weighted by molar-refractivity contribution is 9.36. The predicted molar refractivity (Wildman–Crippen MR) is 80.1 cm³/mol. The molecule has 2 saturated carbocycles. The van der Waals surface area contributed by atoms with Gasteiger partial charge in [-0.15, -0.1) is 0 Å². The average molecular weight is 297 g/mol. The van der Waals surface area contributed by atoms with Gasteiger partial charge < -0.3 is 0 Å². The van der Waals surface area contributed by atoms with Gasteiger partial charge in [-0.1, -0.05) is 41.4 Å². The monoisotopic (exact) mass is 296 g/mol. The number of hydrogen-bond acceptors (Lipinski definition) is 5. The lowest BCUT2D eigenvalue weighted by Gasteiger charge is -2.32. The van der Waals surface area contributed by atoms with Crippen LogP contribution in [0.5, 0.6) is 0 Å². The Labute approximate surface area is 111 Å². The summed E-state index contributed by atoms with van der Waals surface area (Å²) in [4.78, 5) is 0. The topological polar surface area (TPSA) is 0 Å². The first-order chi connectivity index (χ1) is 7.40. The summed E-state index contributed by atoms with van der Waals surface area (Å²) in [7, 11) is 10.4. The molecule has 5 heteroatoms. The Morgan fingerprint density at radius 1 is 1.00 bits per heavy atom. The largest absolute Gasteiger partial charge is 0.0768 e. The number of rotatable bonds is 2. The molecule has 5 unspecified atom stereocenters. The highest BCUT2D eigenvalue weighted by Crippen LogP contribution is 2.67. The molecule has 86 valence electrons. The number of fused-ring (bicyclic) bond motifs is 5. The molecule has 0 aromatic rings. The van der Waals surface area contributed by atoms with E-state index in [9.17, 15) is 0 Å². The molecule has 2 aliphatic carbocycles. The van der Waals surface area contributed by atoms with Gasteiger partial charge in [-0.2, -0.15) is 0 Å². The Bertz CT molecular complexity index is 232. The highest BCUT2D eigenvalue weighted by atomic mass is 33.8. The Kier molecular flexibility index (Phi) is 4.07. The van der Waals surface area contributed by atoms with E-state index in [1.165, 1.54) is 12.8 Å². The maximum Gasteiger partial charge on any atom is 0.0321 e. The molecule has 0 nitrogen and oxygen atoms in total. The maximum atomic E-state index is 2.35. The van der Waals surface area contributed by atoms with Crippen molar-refractivity contribution in [2.75, 3.05) is 0 Å². The first-order valence-corrected chi connectivity index (χ1v) is 12.0. The van der Waals surface area contributed by atoms with E-state index in [-0.39, 0.29) is 0 Å². The van der Waals surface area contributed by atoms with Crippen molar-refractivity contribution in [3.63, 3.8) is 0 Å². The van der Waals surface area contributed by atoms with Crippen molar-refractivity contribution in [2.24, 2.45) is 17.8 Å². The average Bonchev–Trinajstić information content (AvgIpc) is 2.68. The SMILES string of the molecule is CCCC1CC2CC1C1SSSSSC21. The zero-order valence-corrected chi connectivity index (χ0v) is 12.8. The lowest BCUT2D eigenvalue weighted by Crippen LogP contribution is -2.31. The van der Waals surface area contributed by atoms with E-state index in [0.29, 0.717) is 0 Å². The fraction of sp³-hybridized carbons (Fsp3) is 1.00. The molecule has 0 N–H and O–H groups in total. The van der Waals surface area contributed by atoms with E-state index in [4.69, 9.17) is 0 Å². The van der Waals surface area contributed by atoms with Crippen LogP contribution in [0.2, 0.25) is 0 Å². The van der Waals surface area contributed by atoms with Crippen molar-refractivity contribution >= 4 is 51.1 Å². The summed E-state index contributed by atoms with van der Waals surface area (Å²) in [6.45, 7) is 2.35. The molecule has 0 aromatic carbocycles. The van der Waals surface area contributed by atoms with E-state index < -0.39 is 0 Å². The molecule has 1 heterocycles. The zero-order chi connectivity index (χ0) is 10.3. The second kappa shape index (κ2) is 5.17. The molecule has 1 saturated heterocycles. The van der Waals surface area contributed by atoms with Gasteiger partial charge in [0.2, 0.25) is 0 Å². The van der Waals surface area contributed by atoms with Crippen LogP contribution in [-0.4, -0.2) is 10.5 Å². The molecule has 2 bridgehead atoms. The van der Waals surface area contributed by atoms with Crippen molar-refractivity contribution in [1.29, 1.82) is 0 Å². The molecular weight excluding hydrogens is 280 g/mol. The van der Waals surface area contributed by atoms with E-state index in [1.807, 2.05) is 29.5 Å². The Hall–Kier alpha value is 1.75. The number of hydrogen-bond donors (Lipinski definition) is 0. The van der Waals surface area contributed by atoms with Crippen LogP contribution in [0.1, 0.15) is 32.6 Å². The van der Waals surface area contributed by atoms with Crippen LogP contribution in [0.3, 0.4) is 0 Å². The molecule has 3 rings (SSSR count). The molecule has 3 fully saturated rings. The Morgan fingerprint density at radius 2 is 1.80 bits per heavy atom. The summed E-state index contributed by atoms with van der Waals surface area (Å²) >= 11 is 0. The van der Waals surface area contributed by atoms with Gasteiger partial charge in [-0.05, 0) is 60.1 Å². The van der Waals surface area contributed by atoms with Gasteiger partial charge in [0.15, 0.2) is 0 Å². The summed E-state index contributed by atoms with van der Waals surface area (Å²) in [5.74, 6) is 3.19. The van der Waals surface area contributed by atoms with Gasteiger partial charge in [0.1, 0.15) is 0 Å². The first kappa shape index (κ1) is 11.8. The van der Waals surface area contributed by atoms with Gasteiger partial charge in [-0.3, -0.25) is 0 Å². The minimum absolute atomic E-state index is 0.970. The summed E-state index contributed by atoms with van der Waals surface area (Å²) in [5, 5.41) is 1.94. The molecule has 0 aromatic heterocycles. The Morgan fingerprint density at radius 3 is 2.60 bits per heavy atom. The second-order valence-corrected chi connectivity index (χ2v) is 12.7. The molecule has 0 spiro atoms. The van der Waals surface area contributed by atoms with Gasteiger partial charge in [0.25, 0.3) is 0 Å². The van der Waals surface area contributed by atoms with Crippen molar-refractivity contribution < 1.29 is 0 Å². The highest BCUT2D eigenvalue weighted by Gasteiger charge is 2.53. The first-order valence-electron chi connectivity index (χ1n) is 5.72. The standard InChI is InChI=1S/C10H16S5/c1-2-3-6-4-7-5-8(6)10-9(7)11-13-15-14-12-10/h6-10H,2-5H2,1H3. The van der Waals surface area contributed by atoms with E-state index >= 15 is 0 Å². The Balaban J connectivity index is 1.72. The van der Waals surface area contributed by atoms with Gasteiger partial charge in [0.05, 0.1) is 0 Å². The van der Waals surface area contributed by atoms with Crippen LogP contribution in [-0.2, 0) is 0 Å². The van der Waals surface area contributed by atoms with Gasteiger partial charge in [0, 0.05) is 10.5 Å². The van der Waals surface area contributed by atoms with Crippen molar-refractivity contribution in [3.05, 3.63) is 0 Å². The fourth-order valence-corrected chi connectivity index (χ4v) is 15.0. The summed E-state index contributed by atoms with van der Waals surface area (Å²) in [6, 6.07) is 0. The van der Waals surface area contributed by atoms with Crippen molar-refractivity contribution in [3.8, 4) is 0 Å². The molecule has 0 radical (unpaired) electrons. The molecule has 0 amide bonds. The van der Waals surface area contributed by atoms with Crippen LogP contribution in [0.4, 0.5) is 0 Å². The maximum absolute atomic E-state index is 2.35. The summed E-state index contributed by atoms with van der Waals surface area (Å²) in [6.07, 6.45) is 5.97. The van der Waals surface area contributed by atoms with Gasteiger partial charge in [-0.25, -0.2) is 0 Å². The summed E-state index contributed by atoms with van der Waals surface area (Å²) < 4.78 is 0. The van der Waals surface area contributed by atoms with Crippen LogP contribution in [0, 0.1) is 17.8 Å². The smallest absolute Gasteiger partial charge is 0.0321 e. The minimum atomic E-state index is 0.970. The third kappa shape index (κ3) is 2.20. The van der Waals surface area contributed by atoms with E-state index in [2.05, 4.69) is 28.5 Å². The second-order valence-electron chi connectivity index (χ2n) is 4.77. The van der Waals surface area contributed by atoms with Crippen LogP contribution >= 0.6 is 51.1 Å². The molecule has 3 aliphatic rings. The van der Waals surface area contributed by atoms with E-state index in [1.54, 1.807) is 12.8 Å².